The maximum absolute atomic E-state index is 12.4. The zero-order chi connectivity index (χ0) is 32.2. The normalized spacial score (nSPS) is 11.9. The van der Waals surface area contributed by atoms with Gasteiger partial charge in [0.05, 0.1) is 10.6 Å². The Morgan fingerprint density at radius 1 is 0.702 bits per heavy atom. The number of nitrogens with zero attached hydrogens (tertiary/aromatic N) is 5. The van der Waals surface area contributed by atoms with Crippen LogP contribution in [0.3, 0.4) is 0 Å². The number of halogens is 2. The SMILES string of the molecule is O=S(=O)(O)c1cc(Nc2nc(Cl)nc(Cl)n2)c2c(O)c(N=Nc3ccc4ccccc4c3S(=O)(=O)O)c(S(=O)(=O)O)cc2c1.[Na].[Na].[Na]. The third-order valence-corrected chi connectivity index (χ3v) is 8.88. The molecule has 1 heterocycles. The topological polar surface area (TPSA) is 259 Å². The molecule has 5 aromatic rings. The molecule has 4 aromatic carbocycles. The van der Waals surface area contributed by atoms with Gasteiger partial charge < -0.3 is 10.4 Å². The summed E-state index contributed by atoms with van der Waals surface area (Å²) in [5, 5.41) is 20.2. The molecule has 16 nitrogen and oxygen atoms in total. The van der Waals surface area contributed by atoms with Crippen molar-refractivity contribution < 1.29 is 44.0 Å². The van der Waals surface area contributed by atoms with Crippen molar-refractivity contribution in [1.82, 2.24) is 15.0 Å². The molecule has 1 aromatic heterocycles. The van der Waals surface area contributed by atoms with Crippen LogP contribution in [0.4, 0.5) is 23.0 Å². The third-order valence-electron chi connectivity index (χ3n) is 5.90. The van der Waals surface area contributed by atoms with E-state index in [4.69, 9.17) is 23.2 Å². The van der Waals surface area contributed by atoms with Crippen molar-refractivity contribution in [1.29, 1.82) is 0 Å². The third kappa shape index (κ3) is 9.38. The van der Waals surface area contributed by atoms with E-state index in [1.54, 1.807) is 12.1 Å². The van der Waals surface area contributed by atoms with Crippen molar-refractivity contribution in [2.75, 3.05) is 5.32 Å². The monoisotopic (exact) mass is 769 g/mol. The molecule has 0 aliphatic heterocycles. The summed E-state index contributed by atoms with van der Waals surface area (Å²) in [4.78, 5) is 8.53. The van der Waals surface area contributed by atoms with E-state index in [0.717, 1.165) is 18.2 Å². The Bertz CT molecular complexity index is 2390. The summed E-state index contributed by atoms with van der Waals surface area (Å²) in [7, 11) is -15.1. The van der Waals surface area contributed by atoms with Gasteiger partial charge in [-0.15, -0.1) is 10.2 Å². The molecule has 0 fully saturated rings. The van der Waals surface area contributed by atoms with Crippen molar-refractivity contribution in [2.45, 2.75) is 14.7 Å². The smallest absolute Gasteiger partial charge is 0.297 e. The zero-order valence-corrected chi connectivity index (χ0v) is 34.1. The van der Waals surface area contributed by atoms with Crippen molar-refractivity contribution in [2.24, 2.45) is 10.2 Å². The van der Waals surface area contributed by atoms with Gasteiger partial charge in [-0.3, -0.25) is 13.7 Å². The van der Waals surface area contributed by atoms with E-state index < -0.39 is 62.2 Å². The van der Waals surface area contributed by atoms with E-state index in [9.17, 15) is 44.0 Å². The summed E-state index contributed by atoms with van der Waals surface area (Å²) < 4.78 is 103. The first-order valence-electron chi connectivity index (χ1n) is 11.5. The van der Waals surface area contributed by atoms with Crippen LogP contribution in [0.15, 0.2) is 79.5 Å². The molecule has 0 atom stereocenters. The summed E-state index contributed by atoms with van der Waals surface area (Å²) in [6.45, 7) is 0. The number of phenolic OH excluding ortho intramolecular Hbond substituents is 1. The molecular weight excluding hydrogens is 756 g/mol. The van der Waals surface area contributed by atoms with E-state index >= 15 is 0 Å². The molecule has 231 valence electrons. The Morgan fingerprint density at radius 2 is 1.32 bits per heavy atom. The van der Waals surface area contributed by atoms with Gasteiger partial charge >= 0.3 is 0 Å². The Balaban J connectivity index is 0.00000256. The molecule has 24 heteroatoms. The molecular formula is C23H14Cl2N6Na3O10S3. The quantitative estimate of drug-likeness (QED) is 0.0892. The van der Waals surface area contributed by atoms with Gasteiger partial charge in [-0.2, -0.15) is 40.2 Å². The molecule has 0 spiro atoms. The summed E-state index contributed by atoms with van der Waals surface area (Å²) in [6.07, 6.45) is 0. The molecule has 47 heavy (non-hydrogen) atoms. The van der Waals surface area contributed by atoms with Crippen LogP contribution in [-0.4, -0.2) is 148 Å². The van der Waals surface area contributed by atoms with E-state index in [1.165, 1.54) is 18.2 Å². The first-order chi connectivity index (χ1) is 20.4. The van der Waals surface area contributed by atoms with Crippen molar-refractivity contribution in [3.8, 4) is 5.75 Å². The summed E-state index contributed by atoms with van der Waals surface area (Å²) in [5.74, 6) is -1.40. The number of anilines is 2. The van der Waals surface area contributed by atoms with Crippen LogP contribution < -0.4 is 5.32 Å². The fraction of sp³-hybridized carbons (Fsp3) is 0. The van der Waals surface area contributed by atoms with E-state index in [1.807, 2.05) is 0 Å². The largest absolute Gasteiger partial charge is 0.505 e. The maximum Gasteiger partial charge on any atom is 0.297 e. The molecule has 5 rings (SSSR count). The second-order valence-corrected chi connectivity index (χ2v) is 13.6. The van der Waals surface area contributed by atoms with Crippen LogP contribution in [0.25, 0.3) is 21.5 Å². The van der Waals surface area contributed by atoms with Gasteiger partial charge in [0.2, 0.25) is 16.5 Å². The van der Waals surface area contributed by atoms with Crippen LogP contribution in [0.1, 0.15) is 0 Å². The number of rotatable bonds is 7. The number of fused-ring (bicyclic) bond motifs is 2. The minimum absolute atomic E-state index is 0. The number of aromatic hydroxyl groups is 1. The fourth-order valence-corrected chi connectivity index (χ4v) is 6.59. The van der Waals surface area contributed by atoms with Crippen molar-refractivity contribution in [3.05, 3.63) is 65.2 Å². The Kier molecular flexibility index (Phi) is 14.2. The van der Waals surface area contributed by atoms with E-state index in [2.05, 4.69) is 30.5 Å². The molecule has 5 N–H and O–H groups in total. The first-order valence-corrected chi connectivity index (χ1v) is 16.5. The predicted octanol–water partition coefficient (Wildman–Crippen LogP) is 3.95. The number of azo groups is 1. The average Bonchev–Trinajstić information content (AvgIpc) is 2.89. The van der Waals surface area contributed by atoms with Gasteiger partial charge in [-0.25, -0.2) is 0 Å². The predicted molar refractivity (Wildman–Crippen MR) is 174 cm³/mol. The van der Waals surface area contributed by atoms with Crippen molar-refractivity contribution in [3.63, 3.8) is 0 Å². The van der Waals surface area contributed by atoms with Crippen LogP contribution in [0, 0.1) is 0 Å². The second kappa shape index (κ2) is 15.9. The number of aromatic nitrogens is 3. The Hall–Kier alpha value is -1.08. The molecule has 0 amide bonds. The van der Waals surface area contributed by atoms with Gasteiger partial charge in [-0.05, 0) is 58.2 Å². The number of nitrogens with one attached hydrogen (secondary N) is 1. The minimum Gasteiger partial charge on any atom is -0.505 e. The van der Waals surface area contributed by atoms with E-state index in [-0.39, 0.29) is 127 Å². The first kappa shape index (κ1) is 42.1. The fourth-order valence-electron chi connectivity index (χ4n) is 4.19. The van der Waals surface area contributed by atoms with Crippen LogP contribution >= 0.6 is 23.2 Å². The maximum atomic E-state index is 12.4. The number of hydrogen-bond donors (Lipinski definition) is 5. The number of phenols is 1. The Morgan fingerprint density at radius 3 is 1.89 bits per heavy atom. The van der Waals surface area contributed by atoms with Crippen LogP contribution in [-0.2, 0) is 30.4 Å². The van der Waals surface area contributed by atoms with Gasteiger partial charge in [0.15, 0.2) is 5.75 Å². The van der Waals surface area contributed by atoms with E-state index in [0.29, 0.717) is 11.5 Å². The molecule has 0 saturated heterocycles. The number of hydrogen-bond acceptors (Lipinski definition) is 13. The van der Waals surface area contributed by atoms with Crippen molar-refractivity contribution >= 4 is 187 Å². The summed E-state index contributed by atoms with van der Waals surface area (Å²) in [5.41, 5.74) is -1.76. The van der Waals surface area contributed by atoms with Crippen LogP contribution in [0.2, 0.25) is 10.6 Å². The Labute approximate surface area is 342 Å². The molecule has 0 unspecified atom stereocenters. The molecule has 0 bridgehead atoms. The molecule has 3 radical (unpaired) electrons. The summed E-state index contributed by atoms with van der Waals surface area (Å²) >= 11 is 11.6. The molecule has 0 saturated carbocycles. The standard InChI is InChI=1S/C23H14Cl2N6O10S3.3Na/c24-21-27-22(25)29-23(28-21)26-15-9-12(42(33,34)35)7-11-8-16(43(36,37)38)18(19(32)17(11)15)31-30-14-6-5-10-3-1-2-4-13(10)20(14)44(39,40)41;;;/h1-9,32H,(H,33,34,35)(H,36,37,38)(H,39,40,41)(H,26,27,28,29);;;. The van der Waals surface area contributed by atoms with Gasteiger partial charge in [0.1, 0.15) is 21.2 Å². The minimum atomic E-state index is -5.24. The molecule has 0 aliphatic carbocycles. The summed E-state index contributed by atoms with van der Waals surface area (Å²) in [6, 6.07) is 10.9. The molecule has 0 aliphatic rings. The zero-order valence-electron chi connectivity index (χ0n) is 24.2. The average molecular weight is 770 g/mol. The second-order valence-electron chi connectivity index (χ2n) is 8.72. The van der Waals surface area contributed by atoms with Gasteiger partial charge in [0, 0.05) is 99.4 Å². The van der Waals surface area contributed by atoms with Crippen LogP contribution in [0.5, 0.6) is 5.75 Å². The van der Waals surface area contributed by atoms with Gasteiger partial charge in [-0.1, -0.05) is 30.3 Å². The number of benzene rings is 4. The van der Waals surface area contributed by atoms with Gasteiger partial charge in [0.25, 0.3) is 30.4 Å².